The van der Waals surface area contributed by atoms with Gasteiger partial charge in [-0.05, 0) is 36.4 Å². The SMILES string of the molecule is Nc1ccc(NC(=O)Nc2cccc(OCCCO)c2)cc1. The molecular weight excluding hydrogens is 282 g/mol. The molecule has 5 N–H and O–H groups in total. The first-order chi connectivity index (χ1) is 10.7. The Hall–Kier alpha value is -2.73. The lowest BCUT2D eigenvalue weighted by atomic mass is 10.3. The van der Waals surface area contributed by atoms with Crippen molar-refractivity contribution in [2.24, 2.45) is 0 Å². The summed E-state index contributed by atoms with van der Waals surface area (Å²) < 4.78 is 5.45. The first kappa shape index (κ1) is 15.7. The van der Waals surface area contributed by atoms with Gasteiger partial charge in [-0.2, -0.15) is 0 Å². The third-order valence-electron chi connectivity index (χ3n) is 2.83. The van der Waals surface area contributed by atoms with Crippen LogP contribution in [0.4, 0.5) is 21.9 Å². The zero-order valence-electron chi connectivity index (χ0n) is 12.1. The Bertz CT molecular complexity index is 614. The lowest BCUT2D eigenvalue weighted by molar-refractivity contribution is 0.233. The van der Waals surface area contributed by atoms with Gasteiger partial charge < -0.3 is 26.2 Å². The Morgan fingerprint density at radius 2 is 1.82 bits per heavy atom. The van der Waals surface area contributed by atoms with E-state index in [1.165, 1.54) is 0 Å². The zero-order valence-corrected chi connectivity index (χ0v) is 12.1. The smallest absolute Gasteiger partial charge is 0.323 e. The van der Waals surface area contributed by atoms with Gasteiger partial charge in [-0.15, -0.1) is 0 Å². The molecule has 2 amide bonds. The van der Waals surface area contributed by atoms with Crippen molar-refractivity contribution in [2.45, 2.75) is 6.42 Å². The lowest BCUT2D eigenvalue weighted by Gasteiger charge is -2.10. The number of benzene rings is 2. The number of nitrogen functional groups attached to an aromatic ring is 1. The number of ether oxygens (including phenoxy) is 1. The van der Waals surface area contributed by atoms with Crippen LogP contribution in [-0.2, 0) is 0 Å². The van der Waals surface area contributed by atoms with Crippen LogP contribution in [-0.4, -0.2) is 24.4 Å². The molecule has 0 heterocycles. The number of hydrogen-bond acceptors (Lipinski definition) is 4. The quantitative estimate of drug-likeness (QED) is 0.487. The van der Waals surface area contributed by atoms with Crippen molar-refractivity contribution in [3.8, 4) is 5.75 Å². The van der Waals surface area contributed by atoms with Gasteiger partial charge in [0.05, 0.1) is 6.61 Å². The van der Waals surface area contributed by atoms with Crippen molar-refractivity contribution in [1.82, 2.24) is 0 Å². The van der Waals surface area contributed by atoms with Crippen molar-refractivity contribution in [2.75, 3.05) is 29.6 Å². The Morgan fingerprint density at radius 1 is 1.09 bits per heavy atom. The summed E-state index contributed by atoms with van der Waals surface area (Å²) in [6, 6.07) is 13.6. The number of rotatable bonds is 6. The molecule has 0 saturated carbocycles. The number of nitrogens with two attached hydrogens (primary N) is 1. The van der Waals surface area contributed by atoms with Gasteiger partial charge >= 0.3 is 6.03 Å². The minimum absolute atomic E-state index is 0.0853. The minimum atomic E-state index is -0.350. The van der Waals surface area contributed by atoms with Crippen molar-refractivity contribution < 1.29 is 14.6 Å². The third-order valence-corrected chi connectivity index (χ3v) is 2.83. The highest BCUT2D eigenvalue weighted by Gasteiger charge is 2.04. The maximum absolute atomic E-state index is 11.9. The molecule has 2 rings (SSSR count). The van der Waals surface area contributed by atoms with E-state index in [-0.39, 0.29) is 12.6 Å². The Labute approximate surface area is 128 Å². The second-order valence-electron chi connectivity index (χ2n) is 4.65. The number of aliphatic hydroxyl groups is 1. The average molecular weight is 301 g/mol. The number of carbonyl (C=O) groups is 1. The number of aliphatic hydroxyl groups excluding tert-OH is 1. The van der Waals surface area contributed by atoms with Gasteiger partial charge in [-0.25, -0.2) is 4.79 Å². The molecule has 0 radical (unpaired) electrons. The predicted octanol–water partition coefficient (Wildman–Crippen LogP) is 2.67. The number of carbonyl (C=O) groups excluding carboxylic acids is 1. The normalized spacial score (nSPS) is 10.0. The second kappa shape index (κ2) is 7.90. The van der Waals surface area contributed by atoms with Crippen LogP contribution in [0, 0.1) is 0 Å². The Kier molecular flexibility index (Phi) is 5.62. The Morgan fingerprint density at radius 3 is 2.55 bits per heavy atom. The molecule has 0 aliphatic heterocycles. The largest absolute Gasteiger partial charge is 0.493 e. The van der Waals surface area contributed by atoms with Crippen LogP contribution in [0.15, 0.2) is 48.5 Å². The number of amides is 2. The van der Waals surface area contributed by atoms with E-state index < -0.39 is 0 Å². The highest BCUT2D eigenvalue weighted by molar-refractivity contribution is 5.99. The van der Waals surface area contributed by atoms with Crippen molar-refractivity contribution in [1.29, 1.82) is 0 Å². The van der Waals surface area contributed by atoms with Crippen LogP contribution in [0.3, 0.4) is 0 Å². The monoisotopic (exact) mass is 301 g/mol. The Balaban J connectivity index is 1.90. The van der Waals surface area contributed by atoms with Crippen LogP contribution in [0.5, 0.6) is 5.75 Å². The van der Waals surface area contributed by atoms with E-state index in [2.05, 4.69) is 10.6 Å². The maximum Gasteiger partial charge on any atom is 0.323 e. The summed E-state index contributed by atoms with van der Waals surface area (Å²) in [4.78, 5) is 11.9. The molecule has 116 valence electrons. The standard InChI is InChI=1S/C16H19N3O3/c17-12-5-7-13(8-6-12)18-16(21)19-14-3-1-4-15(11-14)22-10-2-9-20/h1,3-8,11,20H,2,9-10,17H2,(H2,18,19,21). The molecule has 2 aromatic rings. The van der Waals surface area contributed by atoms with Crippen LogP contribution in [0.25, 0.3) is 0 Å². The molecule has 22 heavy (non-hydrogen) atoms. The summed E-state index contributed by atoms with van der Waals surface area (Å²) in [5.74, 6) is 0.638. The van der Waals surface area contributed by atoms with Crippen molar-refractivity contribution >= 4 is 23.1 Å². The summed E-state index contributed by atoms with van der Waals surface area (Å²) in [5, 5.41) is 14.2. The van der Waals surface area contributed by atoms with Crippen LogP contribution in [0.1, 0.15) is 6.42 Å². The third kappa shape index (κ3) is 4.99. The van der Waals surface area contributed by atoms with E-state index in [0.29, 0.717) is 35.8 Å². The highest BCUT2D eigenvalue weighted by Crippen LogP contribution is 2.18. The van der Waals surface area contributed by atoms with E-state index in [9.17, 15) is 4.79 Å². The number of anilines is 3. The van der Waals surface area contributed by atoms with Crippen LogP contribution in [0.2, 0.25) is 0 Å². The van der Waals surface area contributed by atoms with Crippen LogP contribution < -0.4 is 21.1 Å². The van der Waals surface area contributed by atoms with Crippen molar-refractivity contribution in [3.63, 3.8) is 0 Å². The van der Waals surface area contributed by atoms with E-state index in [1.807, 2.05) is 0 Å². The zero-order chi connectivity index (χ0) is 15.8. The van der Waals surface area contributed by atoms with E-state index in [0.717, 1.165) is 0 Å². The van der Waals surface area contributed by atoms with Gasteiger partial charge in [0.1, 0.15) is 5.75 Å². The summed E-state index contributed by atoms with van der Waals surface area (Å²) in [7, 11) is 0. The molecule has 6 heteroatoms. The summed E-state index contributed by atoms with van der Waals surface area (Å²) in [5.41, 5.74) is 7.50. The average Bonchev–Trinajstić information content (AvgIpc) is 2.50. The van der Waals surface area contributed by atoms with Gasteiger partial charge in [0.15, 0.2) is 0 Å². The molecule has 0 atom stereocenters. The van der Waals surface area contributed by atoms with E-state index in [1.54, 1.807) is 48.5 Å². The van der Waals surface area contributed by atoms with Gasteiger partial charge in [0.2, 0.25) is 0 Å². The highest BCUT2D eigenvalue weighted by atomic mass is 16.5. The molecule has 0 fully saturated rings. The fourth-order valence-corrected chi connectivity index (χ4v) is 1.78. The van der Waals surface area contributed by atoms with Gasteiger partial charge in [-0.1, -0.05) is 6.07 Å². The minimum Gasteiger partial charge on any atom is -0.493 e. The first-order valence-corrected chi connectivity index (χ1v) is 6.94. The number of hydrogen-bond donors (Lipinski definition) is 4. The van der Waals surface area contributed by atoms with Gasteiger partial charge in [0, 0.05) is 36.2 Å². The molecular formula is C16H19N3O3. The topological polar surface area (TPSA) is 96.6 Å². The molecule has 0 aliphatic carbocycles. The fourth-order valence-electron chi connectivity index (χ4n) is 1.78. The fraction of sp³-hybridized carbons (Fsp3) is 0.188. The first-order valence-electron chi connectivity index (χ1n) is 6.94. The molecule has 0 aliphatic rings. The lowest BCUT2D eigenvalue weighted by Crippen LogP contribution is -2.19. The molecule has 2 aromatic carbocycles. The summed E-state index contributed by atoms with van der Waals surface area (Å²) >= 11 is 0. The molecule has 0 bridgehead atoms. The van der Waals surface area contributed by atoms with E-state index >= 15 is 0 Å². The molecule has 0 spiro atoms. The van der Waals surface area contributed by atoms with Crippen molar-refractivity contribution in [3.05, 3.63) is 48.5 Å². The molecule has 0 unspecified atom stereocenters. The summed E-state index contributed by atoms with van der Waals surface area (Å²) in [6.07, 6.45) is 0.565. The van der Waals surface area contributed by atoms with Gasteiger partial charge in [0.25, 0.3) is 0 Å². The second-order valence-corrected chi connectivity index (χ2v) is 4.65. The summed E-state index contributed by atoms with van der Waals surface area (Å²) in [6.45, 7) is 0.513. The van der Waals surface area contributed by atoms with Crippen LogP contribution >= 0.6 is 0 Å². The molecule has 0 saturated heterocycles. The van der Waals surface area contributed by atoms with E-state index in [4.69, 9.17) is 15.6 Å². The molecule has 0 aromatic heterocycles. The number of urea groups is 1. The van der Waals surface area contributed by atoms with Gasteiger partial charge in [-0.3, -0.25) is 0 Å². The molecule has 6 nitrogen and oxygen atoms in total. The number of nitrogens with one attached hydrogen (secondary N) is 2. The maximum atomic E-state index is 11.9. The predicted molar refractivity (Wildman–Crippen MR) is 87.1 cm³/mol.